The standard InChI is InChI=1S/C28H42N8O8/c1-16(38)23(27(42)34-21(28(43)44)11-17-7-3-2-4-8-17)36-26(41)22(14-37)35-25(40)20(9-5-6-10-29)33-24(39)19(30)12-18-13-31-15-32-18/h2-4,7-8,13,15-16,19-23,37-38H,5-6,9-12,14,29-30H2,1H3,(H,31,32)(H,33,39)(H,34,42)(H,35,40)(H,36,41)(H,43,44)/t16-,19+,20+,21+,22+,23+/m1/s1. The van der Waals surface area contributed by atoms with Crippen LogP contribution in [0.5, 0.6) is 0 Å². The van der Waals surface area contributed by atoms with Crippen molar-refractivity contribution in [2.75, 3.05) is 13.2 Å². The third kappa shape index (κ3) is 11.7. The zero-order chi connectivity index (χ0) is 32.6. The lowest BCUT2D eigenvalue weighted by Gasteiger charge is -2.26. The van der Waals surface area contributed by atoms with Crippen molar-refractivity contribution in [1.82, 2.24) is 31.2 Å². The summed E-state index contributed by atoms with van der Waals surface area (Å²) in [4.78, 5) is 70.3. The van der Waals surface area contributed by atoms with Crippen molar-refractivity contribution in [1.29, 1.82) is 0 Å². The quantitative estimate of drug-likeness (QED) is 0.0711. The SMILES string of the molecule is C[C@@H](O)[C@H](NC(=O)[C@H](CO)NC(=O)[C@H](CCCCN)NC(=O)[C@@H](N)Cc1cnc[nH]1)C(=O)N[C@@H](Cc1ccccc1)C(=O)O. The zero-order valence-electron chi connectivity index (χ0n) is 24.4. The minimum Gasteiger partial charge on any atom is -0.480 e. The molecule has 12 N–H and O–H groups in total. The van der Waals surface area contributed by atoms with Crippen molar-refractivity contribution in [2.45, 2.75) is 75.3 Å². The molecule has 0 saturated carbocycles. The van der Waals surface area contributed by atoms with E-state index in [4.69, 9.17) is 11.5 Å². The number of benzene rings is 1. The second-order valence-corrected chi connectivity index (χ2v) is 10.3. The lowest BCUT2D eigenvalue weighted by Crippen LogP contribution is -2.61. The molecule has 0 aliphatic heterocycles. The fourth-order valence-corrected chi connectivity index (χ4v) is 4.20. The molecule has 0 radical (unpaired) electrons. The van der Waals surface area contributed by atoms with Crippen molar-refractivity contribution in [3.8, 4) is 0 Å². The van der Waals surface area contributed by atoms with Gasteiger partial charge in [-0.3, -0.25) is 19.2 Å². The van der Waals surface area contributed by atoms with E-state index in [2.05, 4.69) is 31.2 Å². The van der Waals surface area contributed by atoms with Gasteiger partial charge in [-0.25, -0.2) is 9.78 Å². The molecule has 2 aromatic rings. The van der Waals surface area contributed by atoms with Gasteiger partial charge in [0.2, 0.25) is 23.6 Å². The molecule has 2 rings (SSSR count). The van der Waals surface area contributed by atoms with E-state index in [0.29, 0.717) is 30.6 Å². The van der Waals surface area contributed by atoms with Crippen LogP contribution in [0.25, 0.3) is 0 Å². The number of carbonyl (C=O) groups is 5. The number of nitrogens with two attached hydrogens (primary N) is 2. The maximum Gasteiger partial charge on any atom is 0.326 e. The number of rotatable bonds is 19. The summed E-state index contributed by atoms with van der Waals surface area (Å²) in [6.45, 7) is 0.667. The molecule has 0 aliphatic rings. The average molecular weight is 619 g/mol. The van der Waals surface area contributed by atoms with Gasteiger partial charge in [-0.15, -0.1) is 0 Å². The van der Waals surface area contributed by atoms with Crippen molar-refractivity contribution >= 4 is 29.6 Å². The van der Waals surface area contributed by atoms with Crippen LogP contribution >= 0.6 is 0 Å². The molecule has 0 aliphatic carbocycles. The number of unbranched alkanes of at least 4 members (excludes halogenated alkanes) is 1. The van der Waals surface area contributed by atoms with Gasteiger partial charge in [-0.2, -0.15) is 0 Å². The van der Waals surface area contributed by atoms with Gasteiger partial charge in [0.1, 0.15) is 24.2 Å². The molecule has 16 heteroatoms. The van der Waals surface area contributed by atoms with Crippen LogP contribution in [0.15, 0.2) is 42.9 Å². The summed E-state index contributed by atoms with van der Waals surface area (Å²) in [5, 5.41) is 39.2. The van der Waals surface area contributed by atoms with Gasteiger partial charge >= 0.3 is 5.97 Å². The Morgan fingerprint density at radius 2 is 1.52 bits per heavy atom. The Labute approximate surface area is 254 Å². The number of nitrogens with zero attached hydrogens (tertiary/aromatic N) is 1. The van der Waals surface area contributed by atoms with Gasteiger partial charge in [0, 0.05) is 24.7 Å². The fraction of sp³-hybridized carbons (Fsp3) is 0.500. The number of carbonyl (C=O) groups excluding carboxylic acids is 4. The summed E-state index contributed by atoms with van der Waals surface area (Å²) >= 11 is 0. The minimum absolute atomic E-state index is 0.0550. The number of carboxylic acids is 1. The van der Waals surface area contributed by atoms with E-state index in [1.165, 1.54) is 19.4 Å². The molecule has 6 atom stereocenters. The van der Waals surface area contributed by atoms with Gasteiger partial charge in [0.05, 0.1) is 25.1 Å². The second-order valence-electron chi connectivity index (χ2n) is 10.3. The van der Waals surface area contributed by atoms with Gasteiger partial charge < -0.3 is 53.0 Å². The molecule has 0 unspecified atom stereocenters. The Morgan fingerprint density at radius 3 is 2.09 bits per heavy atom. The first-order valence-electron chi connectivity index (χ1n) is 14.2. The van der Waals surface area contributed by atoms with Crippen molar-refractivity contribution < 1.29 is 39.3 Å². The van der Waals surface area contributed by atoms with Crippen LogP contribution in [-0.2, 0) is 36.8 Å². The molecular weight excluding hydrogens is 576 g/mol. The lowest BCUT2D eigenvalue weighted by molar-refractivity contribution is -0.143. The zero-order valence-corrected chi connectivity index (χ0v) is 24.4. The normalized spacial score (nSPS) is 15.1. The highest BCUT2D eigenvalue weighted by Crippen LogP contribution is 2.07. The number of aromatic nitrogens is 2. The molecular formula is C28H42N8O8. The average Bonchev–Trinajstić information content (AvgIpc) is 3.50. The van der Waals surface area contributed by atoms with Crippen LogP contribution in [0.2, 0.25) is 0 Å². The molecule has 1 heterocycles. The number of imidazole rings is 1. The van der Waals surface area contributed by atoms with Crippen LogP contribution in [0.3, 0.4) is 0 Å². The van der Waals surface area contributed by atoms with Crippen molar-refractivity contribution in [2.24, 2.45) is 11.5 Å². The Balaban J connectivity index is 2.07. The molecule has 1 aromatic carbocycles. The third-order valence-corrected chi connectivity index (χ3v) is 6.69. The highest BCUT2D eigenvalue weighted by molar-refractivity contribution is 5.95. The number of aliphatic hydroxyl groups excluding tert-OH is 2. The Kier molecular flexibility index (Phi) is 14.9. The number of nitrogens with one attached hydrogen (secondary N) is 5. The van der Waals surface area contributed by atoms with Gasteiger partial charge in [-0.1, -0.05) is 30.3 Å². The summed E-state index contributed by atoms with van der Waals surface area (Å²) in [5.74, 6) is -4.78. The van der Waals surface area contributed by atoms with Gasteiger partial charge in [0.15, 0.2) is 0 Å². The van der Waals surface area contributed by atoms with Crippen molar-refractivity contribution in [3.63, 3.8) is 0 Å². The second kappa shape index (κ2) is 18.3. The number of aliphatic hydroxyl groups is 2. The number of hydrogen-bond acceptors (Lipinski definition) is 10. The molecule has 44 heavy (non-hydrogen) atoms. The lowest BCUT2D eigenvalue weighted by atomic mass is 10.0. The minimum atomic E-state index is -1.62. The first-order valence-corrected chi connectivity index (χ1v) is 14.2. The number of amides is 4. The van der Waals surface area contributed by atoms with Gasteiger partial charge in [0.25, 0.3) is 0 Å². The molecule has 0 saturated heterocycles. The number of carboxylic acid groups (broad SMARTS) is 1. The third-order valence-electron chi connectivity index (χ3n) is 6.69. The smallest absolute Gasteiger partial charge is 0.326 e. The van der Waals surface area contributed by atoms with E-state index in [-0.39, 0.29) is 19.3 Å². The van der Waals surface area contributed by atoms with E-state index in [0.717, 1.165) is 0 Å². The number of aliphatic carboxylic acids is 1. The highest BCUT2D eigenvalue weighted by Gasteiger charge is 2.33. The van der Waals surface area contributed by atoms with Crippen LogP contribution in [-0.4, -0.2) is 104 Å². The predicted molar refractivity (Wildman–Crippen MR) is 157 cm³/mol. The molecule has 0 spiro atoms. The fourth-order valence-electron chi connectivity index (χ4n) is 4.20. The molecule has 1 aromatic heterocycles. The van der Waals surface area contributed by atoms with E-state index < -0.39 is 72.5 Å². The van der Waals surface area contributed by atoms with E-state index in [1.54, 1.807) is 30.3 Å². The molecule has 4 amide bonds. The van der Waals surface area contributed by atoms with Crippen molar-refractivity contribution in [3.05, 3.63) is 54.1 Å². The molecule has 16 nitrogen and oxygen atoms in total. The number of H-pyrrole nitrogens is 1. The summed E-state index contributed by atoms with van der Waals surface area (Å²) in [7, 11) is 0. The summed E-state index contributed by atoms with van der Waals surface area (Å²) in [6, 6.07) is 1.83. The Morgan fingerprint density at radius 1 is 0.886 bits per heavy atom. The first-order chi connectivity index (χ1) is 21.0. The van der Waals surface area contributed by atoms with Crippen LogP contribution in [0.1, 0.15) is 37.4 Å². The maximum atomic E-state index is 13.1. The largest absolute Gasteiger partial charge is 0.480 e. The van der Waals surface area contributed by atoms with Gasteiger partial charge in [-0.05, 0) is 38.3 Å². The Hall–Kier alpha value is -4.38. The van der Waals surface area contributed by atoms with Crippen LogP contribution < -0.4 is 32.7 Å². The monoisotopic (exact) mass is 618 g/mol. The van der Waals surface area contributed by atoms with E-state index in [1.807, 2.05) is 0 Å². The molecule has 242 valence electrons. The summed E-state index contributed by atoms with van der Waals surface area (Å²) in [5.41, 5.74) is 12.8. The van der Waals surface area contributed by atoms with Crippen LogP contribution in [0, 0.1) is 0 Å². The maximum absolute atomic E-state index is 13.1. The van der Waals surface area contributed by atoms with Crippen LogP contribution in [0.4, 0.5) is 0 Å². The highest BCUT2D eigenvalue weighted by atomic mass is 16.4. The molecule has 0 bridgehead atoms. The Bertz CT molecular complexity index is 1210. The topological polar surface area (TPSA) is 275 Å². The first kappa shape index (κ1) is 35.8. The summed E-state index contributed by atoms with van der Waals surface area (Å²) < 4.78 is 0. The predicted octanol–water partition coefficient (Wildman–Crippen LogP) is -2.95. The molecule has 0 fully saturated rings. The van der Waals surface area contributed by atoms with E-state index >= 15 is 0 Å². The number of aromatic amines is 1. The number of hydrogen-bond donors (Lipinski definition) is 10. The summed E-state index contributed by atoms with van der Waals surface area (Å²) in [6.07, 6.45) is 2.71. The van der Waals surface area contributed by atoms with E-state index in [9.17, 15) is 39.3 Å².